The molecule has 2 aliphatic rings. The largest absolute Gasteiger partial charge is 0.494 e. The van der Waals surface area contributed by atoms with E-state index in [1.807, 2.05) is 4.90 Å². The summed E-state index contributed by atoms with van der Waals surface area (Å²) in [6.07, 6.45) is 5.67. The van der Waals surface area contributed by atoms with Crippen LogP contribution in [0, 0.1) is 0 Å². The van der Waals surface area contributed by atoms with Gasteiger partial charge >= 0.3 is 0 Å². The van der Waals surface area contributed by atoms with Gasteiger partial charge in [-0.1, -0.05) is 0 Å². The predicted molar refractivity (Wildman–Crippen MR) is 78.9 cm³/mol. The summed E-state index contributed by atoms with van der Waals surface area (Å²) in [5.74, 6) is 1.24. The fourth-order valence-corrected chi connectivity index (χ4v) is 4.38. The average molecular weight is 312 g/mol. The lowest BCUT2D eigenvalue weighted by atomic mass is 10.4. The topological polar surface area (TPSA) is 75.6 Å². The molecule has 0 aromatic carbocycles. The lowest BCUT2D eigenvalue weighted by Crippen LogP contribution is -2.37. The zero-order valence-corrected chi connectivity index (χ0v) is 12.9. The normalized spacial score (nSPS) is 21.1. The first-order valence-corrected chi connectivity index (χ1v) is 8.71. The molecule has 0 bridgehead atoms. The molecule has 1 aliphatic carbocycles. The van der Waals surface area contributed by atoms with Crippen molar-refractivity contribution >= 4 is 16.0 Å². The van der Waals surface area contributed by atoms with E-state index in [1.54, 1.807) is 23.8 Å². The quantitative estimate of drug-likeness (QED) is 0.805. The molecule has 1 aliphatic heterocycles. The van der Waals surface area contributed by atoms with Crippen molar-refractivity contribution in [2.45, 2.75) is 24.5 Å². The first-order chi connectivity index (χ1) is 10.1. The summed E-state index contributed by atoms with van der Waals surface area (Å²) in [5, 5.41) is -0.138. The number of aromatic nitrogens is 2. The summed E-state index contributed by atoms with van der Waals surface area (Å²) in [5.41, 5.74) is 0. The summed E-state index contributed by atoms with van der Waals surface area (Å²) < 4.78 is 31.3. The zero-order chi connectivity index (χ0) is 14.9. The van der Waals surface area contributed by atoms with Gasteiger partial charge in [0.15, 0.2) is 5.75 Å². The molecule has 0 radical (unpaired) electrons. The highest BCUT2D eigenvalue weighted by Gasteiger charge is 2.40. The molecule has 1 saturated heterocycles. The molecular formula is C13H20N4O3S. The molecule has 7 nitrogen and oxygen atoms in total. The fraction of sp³-hybridized carbons (Fsp3) is 0.692. The number of ether oxygens (including phenoxy) is 1. The Hall–Kier alpha value is -1.41. The Balaban J connectivity index is 1.67. The Bertz CT molecular complexity index is 586. The van der Waals surface area contributed by atoms with Crippen LogP contribution < -0.4 is 9.64 Å². The number of nitrogens with zero attached hydrogens (tertiary/aromatic N) is 4. The molecule has 21 heavy (non-hydrogen) atoms. The molecule has 1 aromatic heterocycles. The molecule has 0 amide bonds. The smallest absolute Gasteiger partial charge is 0.225 e. The molecule has 2 fully saturated rings. The van der Waals surface area contributed by atoms with Gasteiger partial charge in [-0.05, 0) is 19.3 Å². The third-order valence-corrected chi connectivity index (χ3v) is 6.29. The van der Waals surface area contributed by atoms with Crippen molar-refractivity contribution in [2.75, 3.05) is 38.2 Å². The van der Waals surface area contributed by atoms with Crippen LogP contribution >= 0.6 is 0 Å². The maximum atomic E-state index is 12.3. The highest BCUT2D eigenvalue weighted by atomic mass is 32.2. The second-order valence-electron chi connectivity index (χ2n) is 5.41. The van der Waals surface area contributed by atoms with E-state index in [0.717, 1.165) is 25.8 Å². The van der Waals surface area contributed by atoms with Crippen molar-refractivity contribution in [3.8, 4) is 5.75 Å². The van der Waals surface area contributed by atoms with Gasteiger partial charge in [-0.3, -0.25) is 0 Å². The van der Waals surface area contributed by atoms with Gasteiger partial charge < -0.3 is 9.64 Å². The molecule has 0 N–H and O–H groups in total. The Kier molecular flexibility index (Phi) is 3.99. The van der Waals surface area contributed by atoms with Crippen molar-refractivity contribution in [1.82, 2.24) is 14.3 Å². The number of hydrogen-bond acceptors (Lipinski definition) is 6. The standard InChI is InChI=1S/C13H20N4O3S/c1-20-11-9-14-13(15-10-11)16-5-2-6-17(8-7-16)21(18,19)12-3-4-12/h9-10,12H,2-8H2,1H3. The van der Waals surface area contributed by atoms with E-state index in [1.165, 1.54) is 0 Å². The van der Waals surface area contributed by atoms with Gasteiger partial charge in [-0.25, -0.2) is 18.4 Å². The van der Waals surface area contributed by atoms with Crippen LogP contribution in [0.1, 0.15) is 19.3 Å². The molecule has 2 heterocycles. The molecule has 0 unspecified atom stereocenters. The number of sulfonamides is 1. The van der Waals surface area contributed by atoms with E-state index < -0.39 is 10.0 Å². The molecule has 116 valence electrons. The minimum absolute atomic E-state index is 0.138. The van der Waals surface area contributed by atoms with Crippen LogP contribution in [0.3, 0.4) is 0 Å². The minimum atomic E-state index is -3.08. The third kappa shape index (κ3) is 3.11. The predicted octanol–water partition coefficient (Wildman–Crippen LogP) is 0.489. The first kappa shape index (κ1) is 14.5. The summed E-state index contributed by atoms with van der Waals surface area (Å²) in [6.45, 7) is 2.49. The van der Waals surface area contributed by atoms with E-state index in [-0.39, 0.29) is 5.25 Å². The van der Waals surface area contributed by atoms with Gasteiger partial charge in [0.25, 0.3) is 0 Å². The Morgan fingerprint density at radius 3 is 2.48 bits per heavy atom. The van der Waals surface area contributed by atoms with Crippen LogP contribution in [0.4, 0.5) is 5.95 Å². The Labute approximate surface area is 125 Å². The number of methoxy groups -OCH3 is 1. The van der Waals surface area contributed by atoms with Crippen LogP contribution in [0.25, 0.3) is 0 Å². The van der Waals surface area contributed by atoms with E-state index in [4.69, 9.17) is 4.74 Å². The van der Waals surface area contributed by atoms with Gasteiger partial charge in [0.2, 0.25) is 16.0 Å². The zero-order valence-electron chi connectivity index (χ0n) is 12.1. The molecule has 0 spiro atoms. The third-order valence-electron chi connectivity index (χ3n) is 3.89. The summed E-state index contributed by atoms with van der Waals surface area (Å²) in [4.78, 5) is 10.6. The minimum Gasteiger partial charge on any atom is -0.494 e. The molecule has 3 rings (SSSR count). The van der Waals surface area contributed by atoms with E-state index >= 15 is 0 Å². The van der Waals surface area contributed by atoms with Crippen molar-refractivity contribution in [2.24, 2.45) is 0 Å². The van der Waals surface area contributed by atoms with Gasteiger partial charge in [0, 0.05) is 26.2 Å². The number of rotatable bonds is 4. The molecule has 1 saturated carbocycles. The molecular weight excluding hydrogens is 292 g/mol. The Morgan fingerprint density at radius 1 is 1.14 bits per heavy atom. The maximum absolute atomic E-state index is 12.3. The second-order valence-corrected chi connectivity index (χ2v) is 7.62. The van der Waals surface area contributed by atoms with E-state index in [9.17, 15) is 8.42 Å². The van der Waals surface area contributed by atoms with Gasteiger partial charge in [0.1, 0.15) is 0 Å². The van der Waals surface area contributed by atoms with Crippen molar-refractivity contribution in [3.63, 3.8) is 0 Å². The van der Waals surface area contributed by atoms with Crippen LogP contribution in [-0.4, -0.2) is 61.2 Å². The van der Waals surface area contributed by atoms with Crippen LogP contribution in [0.5, 0.6) is 5.75 Å². The van der Waals surface area contributed by atoms with Crippen molar-refractivity contribution in [3.05, 3.63) is 12.4 Å². The van der Waals surface area contributed by atoms with Crippen LogP contribution in [0.15, 0.2) is 12.4 Å². The van der Waals surface area contributed by atoms with Crippen LogP contribution in [-0.2, 0) is 10.0 Å². The average Bonchev–Trinajstić information content (AvgIpc) is 3.33. The fourth-order valence-electron chi connectivity index (χ4n) is 2.50. The van der Waals surface area contributed by atoms with Gasteiger partial charge in [0.05, 0.1) is 24.8 Å². The lowest BCUT2D eigenvalue weighted by molar-refractivity contribution is 0.410. The second kappa shape index (κ2) is 5.76. The number of anilines is 1. The monoisotopic (exact) mass is 312 g/mol. The summed E-state index contributed by atoms with van der Waals surface area (Å²) in [6, 6.07) is 0. The van der Waals surface area contributed by atoms with Crippen molar-refractivity contribution < 1.29 is 13.2 Å². The SMILES string of the molecule is COc1cnc(N2CCCN(S(=O)(=O)C3CC3)CC2)nc1. The van der Waals surface area contributed by atoms with E-state index in [2.05, 4.69) is 9.97 Å². The van der Waals surface area contributed by atoms with E-state index in [0.29, 0.717) is 31.3 Å². The van der Waals surface area contributed by atoms with Gasteiger partial charge in [-0.15, -0.1) is 0 Å². The summed E-state index contributed by atoms with van der Waals surface area (Å²) in [7, 11) is -1.51. The van der Waals surface area contributed by atoms with Gasteiger partial charge in [-0.2, -0.15) is 4.31 Å². The first-order valence-electron chi connectivity index (χ1n) is 7.21. The number of hydrogen-bond donors (Lipinski definition) is 0. The summed E-state index contributed by atoms with van der Waals surface area (Å²) >= 11 is 0. The maximum Gasteiger partial charge on any atom is 0.225 e. The Morgan fingerprint density at radius 2 is 1.86 bits per heavy atom. The highest BCUT2D eigenvalue weighted by molar-refractivity contribution is 7.90. The molecule has 0 atom stereocenters. The molecule has 1 aromatic rings. The highest BCUT2D eigenvalue weighted by Crippen LogP contribution is 2.31. The molecule has 8 heteroatoms. The van der Waals surface area contributed by atoms with Crippen LogP contribution in [0.2, 0.25) is 0 Å². The lowest BCUT2D eigenvalue weighted by Gasteiger charge is -2.21. The van der Waals surface area contributed by atoms with Crippen molar-refractivity contribution in [1.29, 1.82) is 0 Å².